The van der Waals surface area contributed by atoms with E-state index in [-0.39, 0.29) is 5.91 Å². The summed E-state index contributed by atoms with van der Waals surface area (Å²) in [6.45, 7) is 6.75. The number of tetrazole rings is 1. The van der Waals surface area contributed by atoms with Crippen LogP contribution in [0.5, 0.6) is 11.5 Å². The summed E-state index contributed by atoms with van der Waals surface area (Å²) in [6, 6.07) is 14.4. The minimum atomic E-state index is -0.543. The largest absolute Gasteiger partial charge is 0.493 e. The van der Waals surface area contributed by atoms with Crippen LogP contribution in [0.4, 0.5) is 11.6 Å². The van der Waals surface area contributed by atoms with E-state index < -0.39 is 6.04 Å². The van der Waals surface area contributed by atoms with Gasteiger partial charge in [0.2, 0.25) is 5.95 Å². The second-order valence-electron chi connectivity index (χ2n) is 8.27. The standard InChI is InChI=1S/C24H28N6O3/c1-15(2)12-13-33-19-11-10-17(14-20(19)32-4)22-21(16(3)25-24-27-28-29-30(22)24)23(31)26-18-8-6-5-7-9-18/h5-11,14-15,22H,12-13H2,1-4H3,(H,26,31)(H,25,27,29). The third-order valence-corrected chi connectivity index (χ3v) is 5.45. The number of hydrogen-bond donors (Lipinski definition) is 2. The van der Waals surface area contributed by atoms with Gasteiger partial charge in [-0.15, -0.1) is 0 Å². The molecule has 1 aliphatic rings. The van der Waals surface area contributed by atoms with Crippen molar-refractivity contribution >= 4 is 17.5 Å². The molecule has 2 aromatic carbocycles. The molecule has 1 unspecified atom stereocenters. The van der Waals surface area contributed by atoms with Gasteiger partial charge in [0.15, 0.2) is 11.5 Å². The lowest BCUT2D eigenvalue weighted by Gasteiger charge is -2.28. The Morgan fingerprint density at radius 1 is 1.18 bits per heavy atom. The number of allylic oxidation sites excluding steroid dienone is 1. The maximum absolute atomic E-state index is 13.4. The van der Waals surface area contributed by atoms with Gasteiger partial charge in [-0.2, -0.15) is 4.68 Å². The van der Waals surface area contributed by atoms with Crippen LogP contribution in [0.25, 0.3) is 0 Å². The number of anilines is 2. The van der Waals surface area contributed by atoms with Gasteiger partial charge in [-0.05, 0) is 59.5 Å². The normalized spacial score (nSPS) is 15.1. The zero-order valence-electron chi connectivity index (χ0n) is 19.2. The molecule has 0 radical (unpaired) electrons. The highest BCUT2D eigenvalue weighted by Gasteiger charge is 2.34. The van der Waals surface area contributed by atoms with E-state index in [1.807, 2.05) is 55.5 Å². The van der Waals surface area contributed by atoms with Crippen LogP contribution >= 0.6 is 0 Å². The molecule has 0 fully saturated rings. The second kappa shape index (κ2) is 9.72. The number of carbonyl (C=O) groups excluding carboxylic acids is 1. The van der Waals surface area contributed by atoms with Crippen LogP contribution in [-0.2, 0) is 4.79 Å². The van der Waals surface area contributed by atoms with Crippen molar-refractivity contribution < 1.29 is 14.3 Å². The van der Waals surface area contributed by atoms with Crippen molar-refractivity contribution in [1.29, 1.82) is 0 Å². The third kappa shape index (κ3) is 4.82. The molecule has 2 heterocycles. The smallest absolute Gasteiger partial charge is 0.255 e. The molecule has 9 heteroatoms. The summed E-state index contributed by atoms with van der Waals surface area (Å²) in [4.78, 5) is 13.4. The average Bonchev–Trinajstić information content (AvgIpc) is 3.26. The molecule has 4 rings (SSSR count). The molecule has 1 atom stereocenters. The molecule has 1 aliphatic heterocycles. The highest BCUT2D eigenvalue weighted by atomic mass is 16.5. The van der Waals surface area contributed by atoms with Gasteiger partial charge in [-0.25, -0.2) is 0 Å². The van der Waals surface area contributed by atoms with E-state index in [1.165, 1.54) is 0 Å². The van der Waals surface area contributed by atoms with Crippen molar-refractivity contribution in [2.45, 2.75) is 33.2 Å². The summed E-state index contributed by atoms with van der Waals surface area (Å²) in [5.74, 6) is 2.01. The number of methoxy groups -OCH3 is 1. The Labute approximate surface area is 192 Å². The first-order valence-corrected chi connectivity index (χ1v) is 10.9. The molecule has 1 aromatic heterocycles. The fourth-order valence-corrected chi connectivity index (χ4v) is 3.71. The maximum Gasteiger partial charge on any atom is 0.255 e. The first kappa shape index (κ1) is 22.3. The van der Waals surface area contributed by atoms with Gasteiger partial charge >= 0.3 is 0 Å². The number of nitrogens with one attached hydrogen (secondary N) is 2. The highest BCUT2D eigenvalue weighted by molar-refractivity contribution is 6.06. The predicted octanol–water partition coefficient (Wildman–Crippen LogP) is 4.03. The molecular formula is C24H28N6O3. The fraction of sp³-hybridized carbons (Fsp3) is 0.333. The highest BCUT2D eigenvalue weighted by Crippen LogP contribution is 2.38. The van der Waals surface area contributed by atoms with Crippen LogP contribution < -0.4 is 20.1 Å². The molecule has 172 valence electrons. The van der Waals surface area contributed by atoms with Gasteiger partial charge in [0.25, 0.3) is 5.91 Å². The van der Waals surface area contributed by atoms with Gasteiger partial charge in [-0.1, -0.05) is 43.2 Å². The van der Waals surface area contributed by atoms with Crippen LogP contribution in [0, 0.1) is 5.92 Å². The number of ether oxygens (including phenoxy) is 2. The Morgan fingerprint density at radius 2 is 1.97 bits per heavy atom. The molecular weight excluding hydrogens is 420 g/mol. The number of aromatic nitrogens is 4. The van der Waals surface area contributed by atoms with Crippen molar-refractivity contribution in [2.75, 3.05) is 24.4 Å². The predicted molar refractivity (Wildman–Crippen MR) is 125 cm³/mol. The topological polar surface area (TPSA) is 103 Å². The van der Waals surface area contributed by atoms with Crippen LogP contribution in [-0.4, -0.2) is 39.8 Å². The summed E-state index contributed by atoms with van der Waals surface area (Å²) >= 11 is 0. The van der Waals surface area contributed by atoms with Crippen molar-refractivity contribution in [3.8, 4) is 11.5 Å². The molecule has 33 heavy (non-hydrogen) atoms. The Kier molecular flexibility index (Phi) is 6.58. The van der Waals surface area contributed by atoms with Gasteiger partial charge in [0, 0.05) is 11.4 Å². The van der Waals surface area contributed by atoms with Crippen LogP contribution in [0.3, 0.4) is 0 Å². The Hall–Kier alpha value is -3.88. The quantitative estimate of drug-likeness (QED) is 0.536. The number of amides is 1. The summed E-state index contributed by atoms with van der Waals surface area (Å²) in [7, 11) is 1.60. The number of nitrogens with zero attached hydrogens (tertiary/aromatic N) is 4. The number of carbonyl (C=O) groups is 1. The van der Waals surface area contributed by atoms with E-state index >= 15 is 0 Å². The van der Waals surface area contributed by atoms with Crippen molar-refractivity contribution in [3.63, 3.8) is 0 Å². The molecule has 9 nitrogen and oxygen atoms in total. The number of fused-ring (bicyclic) bond motifs is 1. The molecule has 0 saturated heterocycles. The van der Waals surface area contributed by atoms with Crippen molar-refractivity contribution in [1.82, 2.24) is 20.2 Å². The van der Waals surface area contributed by atoms with E-state index in [0.29, 0.717) is 46.9 Å². The van der Waals surface area contributed by atoms with Crippen LogP contribution in [0.1, 0.15) is 38.8 Å². The monoisotopic (exact) mass is 448 g/mol. The first-order valence-electron chi connectivity index (χ1n) is 10.9. The number of para-hydroxylation sites is 1. The van der Waals surface area contributed by atoms with Crippen molar-refractivity contribution in [3.05, 3.63) is 65.4 Å². The van der Waals surface area contributed by atoms with E-state index in [9.17, 15) is 4.79 Å². The molecule has 3 aromatic rings. The lowest BCUT2D eigenvalue weighted by atomic mass is 9.94. The number of hydrogen-bond acceptors (Lipinski definition) is 7. The first-order chi connectivity index (χ1) is 16.0. The lowest BCUT2D eigenvalue weighted by Crippen LogP contribution is -2.31. The van der Waals surface area contributed by atoms with Gasteiger partial charge in [0.05, 0.1) is 19.3 Å². The van der Waals surface area contributed by atoms with E-state index in [1.54, 1.807) is 11.8 Å². The van der Waals surface area contributed by atoms with Crippen LogP contribution in [0.15, 0.2) is 59.8 Å². The lowest BCUT2D eigenvalue weighted by molar-refractivity contribution is -0.113. The Bertz CT molecular complexity index is 1160. The van der Waals surface area contributed by atoms with E-state index in [0.717, 1.165) is 12.0 Å². The van der Waals surface area contributed by atoms with Gasteiger partial charge in [0.1, 0.15) is 6.04 Å². The molecule has 1 amide bonds. The van der Waals surface area contributed by atoms with E-state index in [2.05, 4.69) is 40.0 Å². The third-order valence-electron chi connectivity index (χ3n) is 5.45. The van der Waals surface area contributed by atoms with Gasteiger partial charge in [-0.3, -0.25) is 4.79 Å². The van der Waals surface area contributed by atoms with Crippen LogP contribution in [0.2, 0.25) is 0 Å². The zero-order chi connectivity index (χ0) is 23.4. The zero-order valence-corrected chi connectivity index (χ0v) is 19.2. The molecule has 0 saturated carbocycles. The van der Waals surface area contributed by atoms with Crippen molar-refractivity contribution in [2.24, 2.45) is 5.92 Å². The maximum atomic E-state index is 13.4. The minimum absolute atomic E-state index is 0.242. The van der Waals surface area contributed by atoms with Gasteiger partial charge < -0.3 is 20.1 Å². The summed E-state index contributed by atoms with van der Waals surface area (Å²) in [5, 5.41) is 18.1. The second-order valence-corrected chi connectivity index (χ2v) is 8.27. The summed E-state index contributed by atoms with van der Waals surface area (Å²) in [5.41, 5.74) is 2.69. The summed E-state index contributed by atoms with van der Waals surface area (Å²) < 4.78 is 13.1. The molecule has 0 aliphatic carbocycles. The Balaban J connectivity index is 1.69. The minimum Gasteiger partial charge on any atom is -0.493 e. The SMILES string of the molecule is COc1cc(C2C(C(=O)Nc3ccccc3)=C(C)Nc3nnnn32)ccc1OCCC(C)C. The number of benzene rings is 2. The van der Waals surface area contributed by atoms with E-state index in [4.69, 9.17) is 9.47 Å². The molecule has 0 spiro atoms. The molecule has 2 N–H and O–H groups in total. The molecule has 0 bridgehead atoms. The summed E-state index contributed by atoms with van der Waals surface area (Å²) in [6.07, 6.45) is 0.943. The Morgan fingerprint density at radius 3 is 2.70 bits per heavy atom. The average molecular weight is 449 g/mol. The fourth-order valence-electron chi connectivity index (χ4n) is 3.71. The number of rotatable bonds is 8.